The van der Waals surface area contributed by atoms with Crippen molar-refractivity contribution in [2.75, 3.05) is 14.1 Å². The van der Waals surface area contributed by atoms with E-state index < -0.39 is 10.0 Å². The van der Waals surface area contributed by atoms with E-state index >= 15 is 0 Å². The summed E-state index contributed by atoms with van der Waals surface area (Å²) in [6.45, 7) is 2.40. The van der Waals surface area contributed by atoms with E-state index in [9.17, 15) is 13.2 Å². The third-order valence-corrected chi connectivity index (χ3v) is 7.96. The van der Waals surface area contributed by atoms with E-state index in [1.165, 1.54) is 31.1 Å². The maximum Gasteiger partial charge on any atom is 0.254 e. The standard InChI is InChI=1S/C23H25ClN2O3S2/c1-17(14-21-7-5-13-30-21)26(16-18-9-11-20(24)12-10-18)23(27)19-6-4-8-22(15-19)31(28,29)25(2)3/h4-13,15,17H,14,16H2,1-3H3/t17-/m1/s1. The molecule has 0 spiro atoms. The lowest BCUT2D eigenvalue weighted by atomic mass is 10.1. The highest BCUT2D eigenvalue weighted by Gasteiger charge is 2.25. The minimum Gasteiger partial charge on any atom is -0.331 e. The van der Waals surface area contributed by atoms with Crippen LogP contribution in [0.25, 0.3) is 0 Å². The summed E-state index contributed by atoms with van der Waals surface area (Å²) < 4.78 is 26.2. The molecule has 0 N–H and O–H groups in total. The Hall–Kier alpha value is -2.19. The van der Waals surface area contributed by atoms with Crippen molar-refractivity contribution in [3.63, 3.8) is 0 Å². The van der Waals surface area contributed by atoms with Gasteiger partial charge in [0.05, 0.1) is 4.90 Å². The minimum absolute atomic E-state index is 0.0871. The molecule has 0 bridgehead atoms. The molecule has 2 aromatic carbocycles. The van der Waals surface area contributed by atoms with E-state index in [2.05, 4.69) is 6.07 Å². The van der Waals surface area contributed by atoms with Crippen LogP contribution in [-0.4, -0.2) is 43.7 Å². The Labute approximate surface area is 192 Å². The van der Waals surface area contributed by atoms with E-state index in [-0.39, 0.29) is 16.8 Å². The molecule has 0 unspecified atom stereocenters. The van der Waals surface area contributed by atoms with Crippen molar-refractivity contribution in [1.82, 2.24) is 9.21 Å². The molecule has 1 heterocycles. The second kappa shape index (κ2) is 9.96. The number of benzene rings is 2. The summed E-state index contributed by atoms with van der Waals surface area (Å²) in [5.74, 6) is -0.213. The summed E-state index contributed by atoms with van der Waals surface area (Å²) in [6.07, 6.45) is 0.715. The zero-order valence-corrected chi connectivity index (χ0v) is 20.0. The lowest BCUT2D eigenvalue weighted by molar-refractivity contribution is 0.0675. The third-order valence-electron chi connectivity index (χ3n) is 5.00. The van der Waals surface area contributed by atoms with Gasteiger partial charge in [0.25, 0.3) is 5.91 Å². The monoisotopic (exact) mass is 476 g/mol. The first-order valence-corrected chi connectivity index (χ1v) is 12.5. The number of amides is 1. The maximum atomic E-state index is 13.5. The fraction of sp³-hybridized carbons (Fsp3) is 0.261. The Bertz CT molecular complexity index is 1130. The van der Waals surface area contributed by atoms with Crippen molar-refractivity contribution < 1.29 is 13.2 Å². The predicted molar refractivity (Wildman–Crippen MR) is 126 cm³/mol. The fourth-order valence-corrected chi connectivity index (χ4v) is 5.11. The van der Waals surface area contributed by atoms with Crippen LogP contribution >= 0.6 is 22.9 Å². The molecule has 0 aliphatic heterocycles. The van der Waals surface area contributed by atoms with Gasteiger partial charge in [-0.05, 0) is 54.3 Å². The first-order valence-electron chi connectivity index (χ1n) is 9.79. The second-order valence-electron chi connectivity index (χ2n) is 7.51. The highest BCUT2D eigenvalue weighted by Crippen LogP contribution is 2.22. The number of carbonyl (C=O) groups excluding carboxylic acids is 1. The molecule has 3 rings (SSSR count). The summed E-state index contributed by atoms with van der Waals surface area (Å²) in [7, 11) is -0.690. The number of hydrogen-bond acceptors (Lipinski definition) is 4. The van der Waals surface area contributed by atoms with Crippen LogP contribution in [0.2, 0.25) is 5.02 Å². The number of nitrogens with zero attached hydrogens (tertiary/aromatic N) is 2. The largest absolute Gasteiger partial charge is 0.331 e. The van der Waals surface area contributed by atoms with Crippen LogP contribution in [0, 0.1) is 0 Å². The Morgan fingerprint density at radius 3 is 2.39 bits per heavy atom. The molecule has 0 aliphatic rings. The van der Waals surface area contributed by atoms with Crippen molar-refractivity contribution in [3.05, 3.63) is 87.1 Å². The topological polar surface area (TPSA) is 57.7 Å². The van der Waals surface area contributed by atoms with Gasteiger partial charge in [0, 0.05) is 48.6 Å². The Morgan fingerprint density at radius 2 is 1.77 bits per heavy atom. The molecule has 8 heteroatoms. The molecule has 5 nitrogen and oxygen atoms in total. The first kappa shape index (κ1) is 23.5. The van der Waals surface area contributed by atoms with Gasteiger partial charge in [-0.2, -0.15) is 0 Å². The van der Waals surface area contributed by atoms with E-state index in [1.807, 2.05) is 30.5 Å². The molecule has 0 radical (unpaired) electrons. The summed E-state index contributed by atoms with van der Waals surface area (Å²) in [6, 6.07) is 17.6. The van der Waals surface area contributed by atoms with Gasteiger partial charge in [-0.1, -0.05) is 35.9 Å². The van der Waals surface area contributed by atoms with Gasteiger partial charge in [-0.3, -0.25) is 4.79 Å². The average molecular weight is 477 g/mol. The third kappa shape index (κ3) is 5.74. The molecule has 164 valence electrons. The fourth-order valence-electron chi connectivity index (χ4n) is 3.21. The van der Waals surface area contributed by atoms with E-state index in [4.69, 9.17) is 11.6 Å². The summed E-state index contributed by atoms with van der Waals surface area (Å²) >= 11 is 7.66. The van der Waals surface area contributed by atoms with Crippen LogP contribution in [0.1, 0.15) is 27.7 Å². The molecule has 0 saturated heterocycles. The van der Waals surface area contributed by atoms with Gasteiger partial charge in [-0.15, -0.1) is 11.3 Å². The molecule has 1 atom stereocenters. The number of thiophene rings is 1. The summed E-state index contributed by atoms with van der Waals surface area (Å²) in [5, 5.41) is 2.65. The van der Waals surface area contributed by atoms with Crippen molar-refractivity contribution in [2.45, 2.75) is 30.8 Å². The lowest BCUT2D eigenvalue weighted by Crippen LogP contribution is -2.39. The zero-order chi connectivity index (χ0) is 22.6. The average Bonchev–Trinajstić information content (AvgIpc) is 3.25. The Kier molecular flexibility index (Phi) is 7.54. The number of hydrogen-bond donors (Lipinski definition) is 0. The van der Waals surface area contributed by atoms with E-state index in [0.29, 0.717) is 23.6 Å². The smallest absolute Gasteiger partial charge is 0.254 e. The SMILES string of the molecule is C[C@H](Cc1cccs1)N(Cc1ccc(Cl)cc1)C(=O)c1cccc(S(=O)(=O)N(C)C)c1. The van der Waals surface area contributed by atoms with Gasteiger partial charge >= 0.3 is 0 Å². The van der Waals surface area contributed by atoms with Crippen LogP contribution in [0.5, 0.6) is 0 Å². The highest BCUT2D eigenvalue weighted by molar-refractivity contribution is 7.89. The maximum absolute atomic E-state index is 13.5. The van der Waals surface area contributed by atoms with Gasteiger partial charge in [0.2, 0.25) is 10.0 Å². The molecule has 1 aromatic heterocycles. The van der Waals surface area contributed by atoms with Crippen molar-refractivity contribution >= 4 is 38.9 Å². The molecule has 1 amide bonds. The second-order valence-corrected chi connectivity index (χ2v) is 11.1. The molecule has 3 aromatic rings. The van der Waals surface area contributed by atoms with Crippen LogP contribution in [0.15, 0.2) is 70.9 Å². The summed E-state index contributed by atoms with van der Waals surface area (Å²) in [4.78, 5) is 16.6. The number of rotatable bonds is 8. The van der Waals surface area contributed by atoms with Gasteiger partial charge in [0.15, 0.2) is 0 Å². The van der Waals surface area contributed by atoms with Crippen LogP contribution in [-0.2, 0) is 23.0 Å². The first-order chi connectivity index (χ1) is 14.7. The zero-order valence-electron chi connectivity index (χ0n) is 17.7. The lowest BCUT2D eigenvalue weighted by Gasteiger charge is -2.30. The van der Waals surface area contributed by atoms with Gasteiger partial charge in [0.1, 0.15) is 0 Å². The van der Waals surface area contributed by atoms with Crippen molar-refractivity contribution in [3.8, 4) is 0 Å². The van der Waals surface area contributed by atoms with Crippen molar-refractivity contribution in [1.29, 1.82) is 0 Å². The van der Waals surface area contributed by atoms with Gasteiger partial charge < -0.3 is 4.90 Å². The van der Waals surface area contributed by atoms with Crippen LogP contribution < -0.4 is 0 Å². The predicted octanol–water partition coefficient (Wildman–Crippen LogP) is 4.93. The van der Waals surface area contributed by atoms with Crippen LogP contribution in [0.3, 0.4) is 0 Å². The molecule has 0 fully saturated rings. The molecule has 0 saturated carbocycles. The van der Waals surface area contributed by atoms with E-state index in [0.717, 1.165) is 9.87 Å². The van der Waals surface area contributed by atoms with Crippen molar-refractivity contribution in [2.24, 2.45) is 0 Å². The highest BCUT2D eigenvalue weighted by atomic mass is 35.5. The van der Waals surface area contributed by atoms with Crippen LogP contribution in [0.4, 0.5) is 0 Å². The Morgan fingerprint density at radius 1 is 1.06 bits per heavy atom. The van der Waals surface area contributed by atoms with E-state index in [1.54, 1.807) is 40.5 Å². The minimum atomic E-state index is -3.63. The normalized spacial score (nSPS) is 12.7. The quantitative estimate of drug-likeness (QED) is 0.463. The number of carbonyl (C=O) groups is 1. The molecule has 0 aliphatic carbocycles. The molecular weight excluding hydrogens is 452 g/mol. The number of halogens is 1. The Balaban J connectivity index is 1.94. The molecule has 31 heavy (non-hydrogen) atoms. The molecular formula is C23H25ClN2O3S2. The van der Waals surface area contributed by atoms with Gasteiger partial charge in [-0.25, -0.2) is 12.7 Å². The summed E-state index contributed by atoms with van der Waals surface area (Å²) in [5.41, 5.74) is 1.29. The number of sulfonamides is 1.